The van der Waals surface area contributed by atoms with Gasteiger partial charge >= 0.3 is 0 Å². The lowest BCUT2D eigenvalue weighted by Crippen LogP contribution is -2.37. The monoisotopic (exact) mass is 289 g/mol. The van der Waals surface area contributed by atoms with Gasteiger partial charge in [-0.3, -0.25) is 0 Å². The van der Waals surface area contributed by atoms with Crippen LogP contribution < -0.4 is 5.32 Å². The summed E-state index contributed by atoms with van der Waals surface area (Å²) in [6, 6.07) is 6.39. The maximum Gasteiger partial charge on any atom is 0.263 e. The molecule has 0 aliphatic carbocycles. The van der Waals surface area contributed by atoms with Crippen LogP contribution in [-0.2, 0) is 16.4 Å². The largest absolute Gasteiger partial charge is 0.310 e. The van der Waals surface area contributed by atoms with Crippen LogP contribution in [0.4, 0.5) is 8.78 Å². The summed E-state index contributed by atoms with van der Waals surface area (Å²) in [5.41, 5.74) is 0.949. The smallest absolute Gasteiger partial charge is 0.263 e. The summed E-state index contributed by atoms with van der Waals surface area (Å²) in [5, 5.41) is 3.27. The van der Waals surface area contributed by atoms with Crippen molar-refractivity contribution >= 4 is 9.84 Å². The molecule has 0 aromatic heterocycles. The van der Waals surface area contributed by atoms with Crippen molar-refractivity contribution in [2.75, 3.05) is 11.5 Å². The minimum Gasteiger partial charge on any atom is -0.310 e. The van der Waals surface area contributed by atoms with Gasteiger partial charge in [-0.2, -0.15) is 0 Å². The molecule has 19 heavy (non-hydrogen) atoms. The number of alkyl halides is 2. The maximum absolute atomic E-state index is 12.4. The van der Waals surface area contributed by atoms with Gasteiger partial charge in [0.05, 0.1) is 11.5 Å². The van der Waals surface area contributed by atoms with Gasteiger partial charge in [0.1, 0.15) is 9.84 Å². The Morgan fingerprint density at radius 3 is 2.26 bits per heavy atom. The first kappa shape index (κ1) is 14.4. The quantitative estimate of drug-likeness (QED) is 0.925. The standard InChI is InChI=1S/C13H17F2NO2S/c14-13(15)11-3-1-10(2-4-11)9-16-12-5-7-19(17,18)8-6-12/h1-4,12-13,16H,5-9H2. The molecule has 0 spiro atoms. The van der Waals surface area contributed by atoms with Crippen LogP contribution in [0.2, 0.25) is 0 Å². The second-order valence-corrected chi connectivity index (χ2v) is 7.15. The van der Waals surface area contributed by atoms with E-state index in [-0.39, 0.29) is 23.1 Å². The van der Waals surface area contributed by atoms with Gasteiger partial charge < -0.3 is 5.32 Å². The van der Waals surface area contributed by atoms with Crippen LogP contribution in [0.25, 0.3) is 0 Å². The van der Waals surface area contributed by atoms with Crippen molar-refractivity contribution in [1.82, 2.24) is 5.32 Å². The number of nitrogens with one attached hydrogen (secondary N) is 1. The summed E-state index contributed by atoms with van der Waals surface area (Å²) < 4.78 is 47.3. The molecular formula is C13H17F2NO2S. The van der Waals surface area contributed by atoms with Gasteiger partial charge in [-0.15, -0.1) is 0 Å². The van der Waals surface area contributed by atoms with Crippen molar-refractivity contribution in [3.8, 4) is 0 Å². The molecule has 0 bridgehead atoms. The van der Waals surface area contributed by atoms with Gasteiger partial charge in [0.2, 0.25) is 0 Å². The van der Waals surface area contributed by atoms with E-state index in [1.807, 2.05) is 0 Å². The SMILES string of the molecule is O=S1(=O)CCC(NCc2ccc(C(F)F)cc2)CC1. The van der Waals surface area contributed by atoms with Crippen molar-refractivity contribution in [3.63, 3.8) is 0 Å². The number of rotatable bonds is 4. The molecule has 1 aliphatic heterocycles. The van der Waals surface area contributed by atoms with Gasteiger partial charge in [0.15, 0.2) is 0 Å². The van der Waals surface area contributed by atoms with E-state index in [1.54, 1.807) is 12.1 Å². The molecule has 0 atom stereocenters. The van der Waals surface area contributed by atoms with Gasteiger partial charge in [0, 0.05) is 18.2 Å². The average Bonchev–Trinajstić information content (AvgIpc) is 2.38. The maximum atomic E-state index is 12.4. The van der Waals surface area contributed by atoms with Crippen molar-refractivity contribution < 1.29 is 17.2 Å². The molecule has 1 fully saturated rings. The predicted molar refractivity (Wildman–Crippen MR) is 69.9 cm³/mol. The third-order valence-electron chi connectivity index (χ3n) is 3.38. The summed E-state index contributed by atoms with van der Waals surface area (Å²) >= 11 is 0. The summed E-state index contributed by atoms with van der Waals surface area (Å²) in [6.45, 7) is 0.578. The second kappa shape index (κ2) is 5.96. The number of halogens is 2. The molecule has 2 rings (SSSR count). The molecule has 1 heterocycles. The lowest BCUT2D eigenvalue weighted by molar-refractivity contribution is 0.151. The minimum absolute atomic E-state index is 0.0208. The molecule has 1 saturated heterocycles. The van der Waals surface area contributed by atoms with Crippen LogP contribution in [0.15, 0.2) is 24.3 Å². The zero-order chi connectivity index (χ0) is 13.9. The average molecular weight is 289 g/mol. The second-order valence-electron chi connectivity index (χ2n) is 4.85. The summed E-state index contributed by atoms with van der Waals surface area (Å²) in [4.78, 5) is 0. The molecule has 1 aromatic carbocycles. The Bertz CT molecular complexity index is 500. The fourth-order valence-corrected chi connectivity index (χ4v) is 3.63. The highest BCUT2D eigenvalue weighted by Gasteiger charge is 2.22. The van der Waals surface area contributed by atoms with E-state index in [4.69, 9.17) is 0 Å². The normalized spacial score (nSPS) is 19.7. The molecule has 106 valence electrons. The Balaban J connectivity index is 1.83. The first-order valence-corrected chi connectivity index (χ1v) is 8.09. The van der Waals surface area contributed by atoms with Gasteiger partial charge in [-0.1, -0.05) is 24.3 Å². The molecule has 0 unspecified atom stereocenters. The predicted octanol–water partition coefficient (Wildman–Crippen LogP) is 2.29. The highest BCUT2D eigenvalue weighted by Crippen LogP contribution is 2.19. The Morgan fingerprint density at radius 2 is 1.74 bits per heavy atom. The topological polar surface area (TPSA) is 46.2 Å². The Hall–Kier alpha value is -1.01. The molecule has 1 aliphatic rings. The molecule has 0 amide bonds. The van der Waals surface area contributed by atoms with Crippen molar-refractivity contribution in [1.29, 1.82) is 0 Å². The molecule has 1 aromatic rings. The zero-order valence-corrected chi connectivity index (χ0v) is 11.3. The zero-order valence-electron chi connectivity index (χ0n) is 10.5. The summed E-state index contributed by atoms with van der Waals surface area (Å²) in [6.07, 6.45) is -1.19. The fourth-order valence-electron chi connectivity index (χ4n) is 2.14. The third kappa shape index (κ3) is 4.24. The van der Waals surface area contributed by atoms with Crippen LogP contribution >= 0.6 is 0 Å². The first-order valence-electron chi connectivity index (χ1n) is 6.27. The third-order valence-corrected chi connectivity index (χ3v) is 5.10. The van der Waals surface area contributed by atoms with E-state index < -0.39 is 16.3 Å². The van der Waals surface area contributed by atoms with Crippen molar-refractivity contribution in [3.05, 3.63) is 35.4 Å². The summed E-state index contributed by atoms with van der Waals surface area (Å²) in [7, 11) is -2.84. The van der Waals surface area contributed by atoms with E-state index in [0.717, 1.165) is 5.56 Å². The summed E-state index contributed by atoms with van der Waals surface area (Å²) in [5.74, 6) is 0.462. The van der Waals surface area contributed by atoms with Crippen LogP contribution in [0, 0.1) is 0 Å². The molecule has 0 radical (unpaired) electrons. The van der Waals surface area contributed by atoms with Crippen molar-refractivity contribution in [2.24, 2.45) is 0 Å². The van der Waals surface area contributed by atoms with Crippen molar-refractivity contribution in [2.45, 2.75) is 31.9 Å². The highest BCUT2D eigenvalue weighted by atomic mass is 32.2. The van der Waals surface area contributed by atoms with Crippen LogP contribution in [0.3, 0.4) is 0 Å². The van der Waals surface area contributed by atoms with Gasteiger partial charge in [0.25, 0.3) is 6.43 Å². The van der Waals surface area contributed by atoms with Gasteiger partial charge in [-0.25, -0.2) is 17.2 Å². The van der Waals surface area contributed by atoms with Crippen LogP contribution in [0.1, 0.15) is 30.4 Å². The molecular weight excluding hydrogens is 272 g/mol. The number of benzene rings is 1. The van der Waals surface area contributed by atoms with E-state index in [0.29, 0.717) is 19.4 Å². The van der Waals surface area contributed by atoms with E-state index in [9.17, 15) is 17.2 Å². The molecule has 1 N–H and O–H groups in total. The van der Waals surface area contributed by atoms with E-state index in [1.165, 1.54) is 12.1 Å². The first-order chi connectivity index (χ1) is 8.96. The molecule has 0 saturated carbocycles. The highest BCUT2D eigenvalue weighted by molar-refractivity contribution is 7.91. The van der Waals surface area contributed by atoms with Crippen LogP contribution in [-0.4, -0.2) is 26.0 Å². The van der Waals surface area contributed by atoms with Crippen LogP contribution in [0.5, 0.6) is 0 Å². The number of hydrogen-bond acceptors (Lipinski definition) is 3. The lowest BCUT2D eigenvalue weighted by Gasteiger charge is -2.23. The number of hydrogen-bond donors (Lipinski definition) is 1. The Morgan fingerprint density at radius 1 is 1.16 bits per heavy atom. The van der Waals surface area contributed by atoms with E-state index >= 15 is 0 Å². The van der Waals surface area contributed by atoms with Gasteiger partial charge in [-0.05, 0) is 18.4 Å². The molecule has 3 nitrogen and oxygen atoms in total. The Labute approximate surface area is 111 Å². The fraction of sp³-hybridized carbons (Fsp3) is 0.538. The van der Waals surface area contributed by atoms with E-state index in [2.05, 4.69) is 5.32 Å². The number of sulfone groups is 1. The minimum atomic E-state index is -2.84. The Kier molecular flexibility index (Phi) is 4.52. The molecule has 6 heteroatoms. The lowest BCUT2D eigenvalue weighted by atomic mass is 10.1.